The van der Waals surface area contributed by atoms with E-state index >= 15 is 0 Å². The Balaban J connectivity index is 3.34. The van der Waals surface area contributed by atoms with Crippen LogP contribution in [-0.2, 0) is 9.53 Å². The van der Waals surface area contributed by atoms with Gasteiger partial charge in [-0.05, 0) is 23.1 Å². The summed E-state index contributed by atoms with van der Waals surface area (Å²) in [6.45, 7) is 0.877. The Hall–Kier alpha value is -1.94. The SMILES string of the molecule is CC(C)(C)[C@H](O)C(C(N)=O)[C@@H](COC(F)F)c1cccc(OC(F)(F)F)c1. The van der Waals surface area contributed by atoms with Crippen molar-refractivity contribution in [1.82, 2.24) is 0 Å². The van der Waals surface area contributed by atoms with E-state index in [2.05, 4.69) is 9.47 Å². The highest BCUT2D eigenvalue weighted by molar-refractivity contribution is 5.78. The van der Waals surface area contributed by atoms with Gasteiger partial charge in [-0.3, -0.25) is 4.79 Å². The summed E-state index contributed by atoms with van der Waals surface area (Å²) >= 11 is 0. The van der Waals surface area contributed by atoms with E-state index in [-0.39, 0.29) is 5.56 Å². The fraction of sp³-hybridized carbons (Fsp3) is 0.588. The summed E-state index contributed by atoms with van der Waals surface area (Å²) in [5, 5.41) is 10.5. The van der Waals surface area contributed by atoms with Gasteiger partial charge in [0, 0.05) is 5.92 Å². The summed E-state index contributed by atoms with van der Waals surface area (Å²) in [5.41, 5.74) is 4.54. The van der Waals surface area contributed by atoms with Gasteiger partial charge < -0.3 is 20.3 Å². The van der Waals surface area contributed by atoms with Crippen molar-refractivity contribution in [1.29, 1.82) is 0 Å². The first-order valence-corrected chi connectivity index (χ1v) is 7.95. The highest BCUT2D eigenvalue weighted by Gasteiger charge is 2.41. The van der Waals surface area contributed by atoms with Crippen LogP contribution in [0.2, 0.25) is 0 Å². The van der Waals surface area contributed by atoms with E-state index in [1.807, 2.05) is 0 Å². The number of amides is 1. The topological polar surface area (TPSA) is 81.8 Å². The molecule has 3 atom stereocenters. The number of carbonyl (C=O) groups is 1. The molecule has 1 unspecified atom stereocenters. The number of primary amides is 1. The fourth-order valence-electron chi connectivity index (χ4n) is 2.64. The van der Waals surface area contributed by atoms with E-state index in [1.54, 1.807) is 20.8 Å². The van der Waals surface area contributed by atoms with Gasteiger partial charge in [-0.1, -0.05) is 32.9 Å². The van der Waals surface area contributed by atoms with Gasteiger partial charge in [-0.25, -0.2) is 0 Å². The fourth-order valence-corrected chi connectivity index (χ4v) is 2.64. The van der Waals surface area contributed by atoms with Crippen LogP contribution in [0.5, 0.6) is 5.75 Å². The Bertz CT molecular complexity index is 630. The van der Waals surface area contributed by atoms with E-state index in [1.165, 1.54) is 12.1 Å². The van der Waals surface area contributed by atoms with Crippen molar-refractivity contribution in [2.24, 2.45) is 17.1 Å². The maximum Gasteiger partial charge on any atom is 0.573 e. The normalized spacial score (nSPS) is 16.1. The summed E-state index contributed by atoms with van der Waals surface area (Å²) in [6, 6.07) is 4.47. The number of alkyl halides is 5. The number of carbonyl (C=O) groups excluding carboxylic acids is 1. The second kappa shape index (κ2) is 8.83. The Morgan fingerprint density at radius 2 is 1.81 bits per heavy atom. The summed E-state index contributed by atoms with van der Waals surface area (Å²) in [6.07, 6.45) is -6.32. The number of ether oxygens (including phenoxy) is 2. The number of aliphatic hydroxyl groups is 1. The molecule has 0 fully saturated rings. The monoisotopic (exact) mass is 399 g/mol. The van der Waals surface area contributed by atoms with Crippen molar-refractivity contribution < 1.29 is 41.3 Å². The Morgan fingerprint density at radius 1 is 1.22 bits per heavy atom. The van der Waals surface area contributed by atoms with Crippen molar-refractivity contribution in [2.45, 2.75) is 45.8 Å². The first-order valence-electron chi connectivity index (χ1n) is 7.95. The molecule has 154 valence electrons. The van der Waals surface area contributed by atoms with Gasteiger partial charge in [-0.2, -0.15) is 8.78 Å². The standard InChI is InChI=1S/C17H22F5NO4/c1-16(2,3)13(24)12(14(23)25)11(8-26-15(18)19)9-5-4-6-10(7-9)27-17(20,21)22/h4-7,11-13,15,24H,8H2,1-3H3,(H2,23,25)/t11-,12?,13+/m0/s1. The minimum absolute atomic E-state index is 0.0319. The molecule has 3 N–H and O–H groups in total. The third-order valence-corrected chi connectivity index (χ3v) is 3.91. The molecule has 0 aromatic heterocycles. The molecule has 0 aliphatic heterocycles. The summed E-state index contributed by atoms with van der Waals surface area (Å²) in [4.78, 5) is 12.0. The van der Waals surface area contributed by atoms with Crippen LogP contribution in [0, 0.1) is 11.3 Å². The third-order valence-electron chi connectivity index (χ3n) is 3.91. The second-order valence-corrected chi connectivity index (χ2v) is 7.06. The molecule has 0 aliphatic rings. The van der Waals surface area contributed by atoms with Crippen molar-refractivity contribution in [3.63, 3.8) is 0 Å². The van der Waals surface area contributed by atoms with E-state index < -0.39 is 54.6 Å². The minimum atomic E-state index is -4.96. The zero-order chi connectivity index (χ0) is 21.0. The first kappa shape index (κ1) is 23.1. The highest BCUT2D eigenvalue weighted by atomic mass is 19.4. The molecular weight excluding hydrogens is 377 g/mol. The van der Waals surface area contributed by atoms with Gasteiger partial charge in [-0.15, -0.1) is 13.2 Å². The van der Waals surface area contributed by atoms with Crippen molar-refractivity contribution in [3.8, 4) is 5.75 Å². The molecule has 1 amide bonds. The third kappa shape index (κ3) is 7.30. The maximum absolute atomic E-state index is 12.5. The lowest BCUT2D eigenvalue weighted by atomic mass is 9.73. The van der Waals surface area contributed by atoms with Gasteiger partial charge in [0.2, 0.25) is 5.91 Å². The predicted molar refractivity (Wildman–Crippen MR) is 86.0 cm³/mol. The van der Waals surface area contributed by atoms with Gasteiger partial charge >= 0.3 is 13.0 Å². The summed E-state index contributed by atoms with van der Waals surface area (Å²) in [5.74, 6) is -4.20. The molecule has 0 saturated carbocycles. The van der Waals surface area contributed by atoms with E-state index in [0.717, 1.165) is 12.1 Å². The molecule has 0 aliphatic carbocycles. The first-order chi connectivity index (χ1) is 12.2. The van der Waals surface area contributed by atoms with Crippen LogP contribution in [0.4, 0.5) is 22.0 Å². The molecule has 1 aromatic carbocycles. The Morgan fingerprint density at radius 3 is 2.26 bits per heavy atom. The smallest absolute Gasteiger partial charge is 0.406 e. The molecule has 5 nitrogen and oxygen atoms in total. The molecule has 10 heteroatoms. The number of hydrogen-bond acceptors (Lipinski definition) is 4. The van der Waals surface area contributed by atoms with Gasteiger partial charge in [0.1, 0.15) is 5.75 Å². The molecular formula is C17H22F5NO4. The average molecular weight is 399 g/mol. The Labute approximate surface area is 153 Å². The van der Waals surface area contributed by atoms with Crippen molar-refractivity contribution in [2.75, 3.05) is 6.61 Å². The zero-order valence-corrected chi connectivity index (χ0v) is 15.0. The molecule has 27 heavy (non-hydrogen) atoms. The van der Waals surface area contributed by atoms with Gasteiger partial charge in [0.25, 0.3) is 0 Å². The van der Waals surface area contributed by atoms with Crippen LogP contribution in [-0.4, -0.2) is 36.7 Å². The van der Waals surface area contributed by atoms with Crippen LogP contribution in [0.1, 0.15) is 32.3 Å². The molecule has 0 heterocycles. The lowest BCUT2D eigenvalue weighted by molar-refractivity contribution is -0.274. The van der Waals surface area contributed by atoms with Crippen molar-refractivity contribution >= 4 is 5.91 Å². The van der Waals surface area contributed by atoms with Crippen LogP contribution < -0.4 is 10.5 Å². The molecule has 0 saturated heterocycles. The van der Waals surface area contributed by atoms with Crippen LogP contribution in [0.3, 0.4) is 0 Å². The quantitative estimate of drug-likeness (QED) is 0.657. The zero-order valence-electron chi connectivity index (χ0n) is 15.0. The van der Waals surface area contributed by atoms with Gasteiger partial charge in [0.15, 0.2) is 0 Å². The van der Waals surface area contributed by atoms with Crippen LogP contribution in [0.15, 0.2) is 24.3 Å². The number of hydrogen-bond donors (Lipinski definition) is 2. The van der Waals surface area contributed by atoms with E-state index in [0.29, 0.717) is 0 Å². The number of nitrogens with two attached hydrogens (primary N) is 1. The molecule has 1 rings (SSSR count). The predicted octanol–water partition coefficient (Wildman–Crippen LogP) is 3.42. The van der Waals surface area contributed by atoms with Crippen LogP contribution >= 0.6 is 0 Å². The maximum atomic E-state index is 12.5. The van der Waals surface area contributed by atoms with Gasteiger partial charge in [0.05, 0.1) is 18.6 Å². The Kier molecular flexibility index (Phi) is 7.56. The lowest BCUT2D eigenvalue weighted by Crippen LogP contribution is -2.45. The number of rotatable bonds is 8. The van der Waals surface area contributed by atoms with Crippen molar-refractivity contribution in [3.05, 3.63) is 29.8 Å². The highest BCUT2D eigenvalue weighted by Crippen LogP contribution is 2.37. The molecule has 0 spiro atoms. The van der Waals surface area contributed by atoms with E-state index in [4.69, 9.17) is 5.73 Å². The summed E-state index contributed by atoms with van der Waals surface area (Å²) < 4.78 is 70.5. The number of halogens is 5. The summed E-state index contributed by atoms with van der Waals surface area (Å²) in [7, 11) is 0. The largest absolute Gasteiger partial charge is 0.573 e. The van der Waals surface area contributed by atoms with E-state index in [9.17, 15) is 31.9 Å². The number of benzene rings is 1. The second-order valence-electron chi connectivity index (χ2n) is 7.06. The van der Waals surface area contributed by atoms with Crippen LogP contribution in [0.25, 0.3) is 0 Å². The minimum Gasteiger partial charge on any atom is -0.406 e. The molecule has 0 bridgehead atoms. The molecule has 1 aromatic rings. The molecule has 0 radical (unpaired) electrons. The number of aliphatic hydroxyl groups excluding tert-OH is 1. The lowest BCUT2D eigenvalue weighted by Gasteiger charge is -2.36. The average Bonchev–Trinajstić information content (AvgIpc) is 2.47.